The zero-order chi connectivity index (χ0) is 26.7. The normalized spacial score (nSPS) is 37.6. The summed E-state index contributed by atoms with van der Waals surface area (Å²) in [6.07, 6.45) is 4.43. The second-order valence-corrected chi connectivity index (χ2v) is 12.6. The first-order valence-electron chi connectivity index (χ1n) is 14.3. The second-order valence-electron chi connectivity index (χ2n) is 11.3. The van der Waals surface area contributed by atoms with Gasteiger partial charge in [0.05, 0.1) is 18.5 Å². The molecule has 0 aromatic heterocycles. The number of aryl methyl sites for hydroxylation is 1. The molecule has 4 saturated heterocycles. The van der Waals surface area contributed by atoms with Crippen molar-refractivity contribution in [3.05, 3.63) is 29.8 Å². The van der Waals surface area contributed by atoms with Crippen molar-refractivity contribution in [2.45, 2.75) is 131 Å². The van der Waals surface area contributed by atoms with Crippen LogP contribution < -0.4 is 0 Å². The summed E-state index contributed by atoms with van der Waals surface area (Å²) in [4.78, 5) is 1.05. The molecule has 8 nitrogen and oxygen atoms in total. The number of aliphatic hydroxyl groups is 1. The van der Waals surface area contributed by atoms with E-state index in [4.69, 9.17) is 33.2 Å². The standard InChI is InChI=1S/C29H44O8S/c1-5-6-7-8-9-10-15-31-27-25-24(35-25)20(34-27)16-32-28-26(38-19-13-11-18(2)12-14-19)22(30)23(36-28)21-17-33-29(3,4)37-21/h11-14,20-28,30H,5-10,15-17H2,1-4H3/t20-,21-,22-,23+,24+,25+,26+,27+,28+/m1/s1. The van der Waals surface area contributed by atoms with Gasteiger partial charge >= 0.3 is 0 Å². The van der Waals surface area contributed by atoms with Crippen LogP contribution in [-0.4, -0.2) is 85.2 Å². The first kappa shape index (κ1) is 28.8. The molecule has 214 valence electrons. The quantitative estimate of drug-likeness (QED) is 0.263. The second kappa shape index (κ2) is 12.8. The van der Waals surface area contributed by atoms with Crippen molar-refractivity contribution in [1.29, 1.82) is 0 Å². The molecule has 0 radical (unpaired) electrons. The summed E-state index contributed by atoms with van der Waals surface area (Å²) >= 11 is 1.56. The zero-order valence-electron chi connectivity index (χ0n) is 23.1. The molecule has 4 aliphatic heterocycles. The van der Waals surface area contributed by atoms with Gasteiger partial charge in [0.25, 0.3) is 0 Å². The molecule has 4 aliphatic rings. The maximum Gasteiger partial charge on any atom is 0.186 e. The van der Waals surface area contributed by atoms with E-state index in [9.17, 15) is 5.11 Å². The highest BCUT2D eigenvalue weighted by molar-refractivity contribution is 8.00. The maximum absolute atomic E-state index is 11.3. The molecule has 0 saturated carbocycles. The number of hydrogen-bond acceptors (Lipinski definition) is 9. The average molecular weight is 553 g/mol. The SMILES string of the molecule is CCCCCCCCO[C@H]1O[C@H](CO[C@H]2O[C@@H]([C@H]3COC(C)(C)O3)[C@@H](O)[C@@H]2Sc2ccc(C)cc2)[C@@H]2O[C@H]12. The third-order valence-corrected chi connectivity index (χ3v) is 8.95. The van der Waals surface area contributed by atoms with Gasteiger partial charge in [-0.2, -0.15) is 0 Å². The van der Waals surface area contributed by atoms with E-state index in [1.54, 1.807) is 11.8 Å². The van der Waals surface area contributed by atoms with E-state index in [0.29, 0.717) is 19.8 Å². The van der Waals surface area contributed by atoms with Gasteiger partial charge in [0.1, 0.15) is 36.6 Å². The van der Waals surface area contributed by atoms with E-state index >= 15 is 0 Å². The first-order chi connectivity index (χ1) is 18.3. The predicted octanol–water partition coefficient (Wildman–Crippen LogP) is 4.58. The van der Waals surface area contributed by atoms with Crippen molar-refractivity contribution in [1.82, 2.24) is 0 Å². The summed E-state index contributed by atoms with van der Waals surface area (Å²) in [6, 6.07) is 8.25. The van der Waals surface area contributed by atoms with E-state index in [1.807, 2.05) is 13.8 Å². The van der Waals surface area contributed by atoms with E-state index in [2.05, 4.69) is 38.1 Å². The predicted molar refractivity (Wildman–Crippen MR) is 143 cm³/mol. The number of rotatable bonds is 14. The van der Waals surface area contributed by atoms with Crippen LogP contribution >= 0.6 is 11.8 Å². The van der Waals surface area contributed by atoms with Crippen LogP contribution in [0.5, 0.6) is 0 Å². The van der Waals surface area contributed by atoms with Crippen LogP contribution in [0.1, 0.15) is 64.9 Å². The molecule has 0 aliphatic carbocycles. The number of hydrogen-bond donors (Lipinski definition) is 1. The van der Waals surface area contributed by atoms with Crippen LogP contribution in [-0.2, 0) is 33.2 Å². The average Bonchev–Trinajstić information content (AvgIpc) is 3.38. The summed E-state index contributed by atoms with van der Waals surface area (Å²) in [7, 11) is 0. The molecule has 0 unspecified atom stereocenters. The molecule has 4 heterocycles. The Balaban J connectivity index is 1.13. The molecule has 9 heteroatoms. The Kier molecular flexibility index (Phi) is 9.71. The summed E-state index contributed by atoms with van der Waals surface area (Å²) in [5.74, 6) is -0.702. The zero-order valence-corrected chi connectivity index (χ0v) is 23.9. The maximum atomic E-state index is 11.3. The number of epoxide rings is 1. The molecule has 1 aromatic rings. The van der Waals surface area contributed by atoms with Gasteiger partial charge in [-0.05, 0) is 39.3 Å². The topological polar surface area (TPSA) is 88.1 Å². The molecule has 1 N–H and O–H groups in total. The van der Waals surface area contributed by atoms with Gasteiger partial charge in [-0.25, -0.2) is 0 Å². The van der Waals surface area contributed by atoms with Gasteiger partial charge in [0, 0.05) is 11.5 Å². The number of aliphatic hydroxyl groups excluding tert-OH is 1. The van der Waals surface area contributed by atoms with Crippen LogP contribution in [0.4, 0.5) is 0 Å². The van der Waals surface area contributed by atoms with Gasteiger partial charge in [0.2, 0.25) is 0 Å². The fourth-order valence-electron chi connectivity index (χ4n) is 5.40. The fourth-order valence-corrected chi connectivity index (χ4v) is 6.56. The molecule has 0 bridgehead atoms. The van der Waals surface area contributed by atoms with Gasteiger partial charge in [-0.15, -0.1) is 11.8 Å². The Morgan fingerprint density at radius 3 is 2.42 bits per heavy atom. The van der Waals surface area contributed by atoms with Crippen LogP contribution in [0, 0.1) is 6.92 Å². The van der Waals surface area contributed by atoms with E-state index < -0.39 is 24.3 Å². The molecule has 0 amide bonds. The Morgan fingerprint density at radius 1 is 0.921 bits per heavy atom. The third-order valence-electron chi connectivity index (χ3n) is 7.63. The minimum absolute atomic E-state index is 0.0118. The molecule has 5 rings (SSSR count). The third kappa shape index (κ3) is 7.11. The van der Waals surface area contributed by atoms with Gasteiger partial charge in [0.15, 0.2) is 18.4 Å². The largest absolute Gasteiger partial charge is 0.389 e. The van der Waals surface area contributed by atoms with Gasteiger partial charge < -0.3 is 38.3 Å². The highest BCUT2D eigenvalue weighted by Gasteiger charge is 2.59. The van der Waals surface area contributed by atoms with Crippen molar-refractivity contribution in [2.75, 3.05) is 19.8 Å². The minimum Gasteiger partial charge on any atom is -0.389 e. The van der Waals surface area contributed by atoms with Crippen LogP contribution in [0.3, 0.4) is 0 Å². The van der Waals surface area contributed by atoms with Gasteiger partial charge in [-0.3, -0.25) is 0 Å². The van der Waals surface area contributed by atoms with Gasteiger partial charge in [-0.1, -0.05) is 56.7 Å². The van der Waals surface area contributed by atoms with Crippen molar-refractivity contribution in [3.63, 3.8) is 0 Å². The molecule has 4 fully saturated rings. The molecule has 0 spiro atoms. The number of ether oxygens (including phenoxy) is 7. The molecule has 9 atom stereocenters. The minimum atomic E-state index is -0.781. The summed E-state index contributed by atoms with van der Waals surface area (Å²) in [6.45, 7) is 9.39. The summed E-state index contributed by atoms with van der Waals surface area (Å²) < 4.78 is 42.3. The van der Waals surface area contributed by atoms with Crippen LogP contribution in [0.2, 0.25) is 0 Å². The lowest BCUT2D eigenvalue weighted by atomic mass is 10.1. The Morgan fingerprint density at radius 2 is 1.68 bits per heavy atom. The molecular weight excluding hydrogens is 508 g/mol. The first-order valence-corrected chi connectivity index (χ1v) is 15.2. The lowest BCUT2D eigenvalue weighted by Gasteiger charge is -2.23. The highest BCUT2D eigenvalue weighted by atomic mass is 32.2. The Hall–Kier alpha value is -0.750. The number of benzene rings is 1. The van der Waals surface area contributed by atoms with E-state index in [0.717, 1.165) is 11.3 Å². The fraction of sp³-hybridized carbons (Fsp3) is 0.793. The highest BCUT2D eigenvalue weighted by Crippen LogP contribution is 2.43. The number of thioether (sulfide) groups is 1. The molecule has 1 aromatic carbocycles. The Bertz CT molecular complexity index is 882. The van der Waals surface area contributed by atoms with Crippen molar-refractivity contribution < 1.29 is 38.3 Å². The number of unbranched alkanes of at least 4 members (excludes halogenated alkanes) is 5. The lowest BCUT2D eigenvalue weighted by Crippen LogP contribution is -2.40. The van der Waals surface area contributed by atoms with Crippen molar-refractivity contribution >= 4 is 11.8 Å². The van der Waals surface area contributed by atoms with E-state index in [-0.39, 0.29) is 36.0 Å². The molecular formula is C29H44O8S. The van der Waals surface area contributed by atoms with Crippen LogP contribution in [0.15, 0.2) is 29.2 Å². The molecule has 38 heavy (non-hydrogen) atoms. The summed E-state index contributed by atoms with van der Waals surface area (Å²) in [5, 5.41) is 11.0. The van der Waals surface area contributed by atoms with Crippen molar-refractivity contribution in [2.24, 2.45) is 0 Å². The lowest BCUT2D eigenvalue weighted by molar-refractivity contribution is -0.213. The summed E-state index contributed by atoms with van der Waals surface area (Å²) in [5.41, 5.74) is 1.19. The van der Waals surface area contributed by atoms with E-state index in [1.165, 1.54) is 37.7 Å². The van der Waals surface area contributed by atoms with Crippen LogP contribution in [0.25, 0.3) is 0 Å². The van der Waals surface area contributed by atoms with Crippen molar-refractivity contribution in [3.8, 4) is 0 Å². The smallest absolute Gasteiger partial charge is 0.186 e. The monoisotopic (exact) mass is 552 g/mol. The number of fused-ring (bicyclic) bond motifs is 1. The Labute approximate surface area is 231 Å².